The first-order chi connectivity index (χ1) is 22.7. The van der Waals surface area contributed by atoms with Gasteiger partial charge in [0.2, 0.25) is 0 Å². The number of nitrogens with one attached hydrogen (secondary N) is 3. The number of ketones is 1. The van der Waals surface area contributed by atoms with Crippen LogP contribution < -0.4 is 16.0 Å². The van der Waals surface area contributed by atoms with Crippen molar-refractivity contribution in [1.29, 1.82) is 0 Å². The van der Waals surface area contributed by atoms with Gasteiger partial charge in [-0.15, -0.1) is 0 Å². The number of Topliss-reactive ketones (excluding diaryl/α,β-unsaturated/α-hetero) is 1. The Hall–Kier alpha value is -4.08. The van der Waals surface area contributed by atoms with E-state index in [1.54, 1.807) is 19.2 Å². The first kappa shape index (κ1) is 40.1. The van der Waals surface area contributed by atoms with Gasteiger partial charge in [-0.1, -0.05) is 20.3 Å². The average Bonchev–Trinajstić information content (AvgIpc) is 3.65. The van der Waals surface area contributed by atoms with Crippen LogP contribution in [0.25, 0.3) is 0 Å². The lowest BCUT2D eigenvalue weighted by Crippen LogP contribution is -2.30. The number of non-ortho nitro benzene ring substituents is 1. The number of unbranched alkanes of at least 4 members (excludes halogenated alkanes) is 2. The quantitative estimate of drug-likeness (QED) is 0.0788. The maximum atomic E-state index is 12.2. The topological polar surface area (TPSA) is 185 Å². The molecule has 2 amide bonds. The third kappa shape index (κ3) is 15.2. The highest BCUT2D eigenvalue weighted by atomic mass is 16.6. The minimum Gasteiger partial charge on any atom is -0.446 e. The number of aryl methyl sites for hydroxylation is 1. The van der Waals surface area contributed by atoms with E-state index in [-0.39, 0.29) is 50.2 Å². The predicted octanol–water partition coefficient (Wildman–Crippen LogP) is 4.79. The molecule has 0 spiro atoms. The van der Waals surface area contributed by atoms with E-state index in [9.17, 15) is 24.5 Å². The van der Waals surface area contributed by atoms with Crippen molar-refractivity contribution >= 4 is 29.3 Å². The number of ether oxygens (including phenoxy) is 4. The van der Waals surface area contributed by atoms with Crippen molar-refractivity contribution in [3.63, 3.8) is 0 Å². The zero-order chi connectivity index (χ0) is 33.9. The van der Waals surface area contributed by atoms with Crippen LogP contribution >= 0.6 is 0 Å². The number of amides is 2. The number of imidazole rings is 1. The average molecular weight is 677 g/mol. The Balaban J connectivity index is 0.00000800. The molecule has 0 radical (unpaired) electrons. The third-order valence-corrected chi connectivity index (χ3v) is 7.66. The van der Waals surface area contributed by atoms with Gasteiger partial charge in [0.05, 0.1) is 49.7 Å². The van der Waals surface area contributed by atoms with E-state index in [0.29, 0.717) is 71.0 Å². The fraction of sp³-hybridized carbons (Fsp3) is 0.636. The van der Waals surface area contributed by atoms with Gasteiger partial charge in [-0.2, -0.15) is 0 Å². The number of carbonyl (C=O) groups is 3. The summed E-state index contributed by atoms with van der Waals surface area (Å²) in [6.07, 6.45) is 8.57. The van der Waals surface area contributed by atoms with Gasteiger partial charge >= 0.3 is 12.1 Å². The summed E-state index contributed by atoms with van der Waals surface area (Å²) in [6, 6.07) is 4.88. The molecule has 2 heterocycles. The van der Waals surface area contributed by atoms with Gasteiger partial charge < -0.3 is 34.9 Å². The van der Waals surface area contributed by atoms with E-state index in [1.807, 2.05) is 6.92 Å². The molecule has 3 N–H and O–H groups in total. The number of aromatic nitrogens is 2. The molecule has 48 heavy (non-hydrogen) atoms. The Morgan fingerprint density at radius 1 is 0.979 bits per heavy atom. The molecular weight excluding hydrogens is 624 g/mol. The molecule has 15 heteroatoms. The second-order valence-electron chi connectivity index (χ2n) is 11.4. The Bertz CT molecular complexity index is 1290. The summed E-state index contributed by atoms with van der Waals surface area (Å²) >= 11 is 0. The van der Waals surface area contributed by atoms with Crippen molar-refractivity contribution < 1.29 is 38.3 Å². The summed E-state index contributed by atoms with van der Waals surface area (Å²) in [4.78, 5) is 50.3. The highest BCUT2D eigenvalue weighted by molar-refractivity contribution is 5.78. The molecule has 1 fully saturated rings. The first-order valence-corrected chi connectivity index (χ1v) is 16.2. The minimum atomic E-state index is -0.554. The molecule has 0 bridgehead atoms. The molecule has 2 atom stereocenters. The molecule has 15 nitrogen and oxygen atoms in total. The summed E-state index contributed by atoms with van der Waals surface area (Å²) in [5.74, 6) is 0.257. The fourth-order valence-electron chi connectivity index (χ4n) is 5.01. The Labute approximate surface area is 282 Å². The lowest BCUT2D eigenvalue weighted by molar-refractivity contribution is -0.384. The van der Waals surface area contributed by atoms with Gasteiger partial charge in [-0.25, -0.2) is 19.1 Å². The van der Waals surface area contributed by atoms with E-state index in [4.69, 9.17) is 18.9 Å². The molecule has 2 aromatic rings. The number of hydrogen-bond donors (Lipinski definition) is 3. The molecule has 1 aliphatic heterocycles. The number of nitro benzene ring substituents is 1. The zero-order valence-corrected chi connectivity index (χ0v) is 27.4. The van der Waals surface area contributed by atoms with Crippen molar-refractivity contribution in [2.24, 2.45) is 0 Å². The monoisotopic (exact) mass is 676 g/mol. The van der Waals surface area contributed by atoms with Gasteiger partial charge in [0.25, 0.3) is 5.69 Å². The van der Waals surface area contributed by atoms with Gasteiger partial charge in [0, 0.05) is 62.5 Å². The van der Waals surface area contributed by atoms with Crippen molar-refractivity contribution in [2.45, 2.75) is 84.7 Å². The number of benzene rings is 1. The van der Waals surface area contributed by atoms with E-state index in [0.717, 1.165) is 36.9 Å². The minimum absolute atomic E-state index is 0. The molecule has 1 aliphatic rings. The van der Waals surface area contributed by atoms with Crippen LogP contribution in [0.15, 0.2) is 30.7 Å². The second-order valence-corrected chi connectivity index (χ2v) is 11.4. The van der Waals surface area contributed by atoms with Gasteiger partial charge in [-0.3, -0.25) is 14.9 Å². The molecule has 3 rings (SSSR count). The maximum absolute atomic E-state index is 12.2. The van der Waals surface area contributed by atoms with Crippen LogP contribution in [0.3, 0.4) is 0 Å². The third-order valence-electron chi connectivity index (χ3n) is 7.66. The summed E-state index contributed by atoms with van der Waals surface area (Å²) in [5.41, 5.74) is 2.31. The number of urea groups is 1. The number of carbonyl (C=O) groups excluding carboxylic acids is 3. The molecule has 268 valence electrons. The van der Waals surface area contributed by atoms with Gasteiger partial charge in [-0.05, 0) is 44.7 Å². The molecule has 2 unspecified atom stereocenters. The first-order valence-electron chi connectivity index (χ1n) is 16.2. The molecule has 1 aromatic heterocycles. The van der Waals surface area contributed by atoms with Gasteiger partial charge in [0.15, 0.2) is 0 Å². The number of nitro groups is 1. The van der Waals surface area contributed by atoms with Gasteiger partial charge in [0.1, 0.15) is 18.7 Å². The van der Waals surface area contributed by atoms with E-state index >= 15 is 0 Å². The molecule has 1 aromatic carbocycles. The van der Waals surface area contributed by atoms with Crippen molar-refractivity contribution in [3.05, 3.63) is 52.1 Å². The van der Waals surface area contributed by atoms with E-state index in [1.165, 1.54) is 23.0 Å². The summed E-state index contributed by atoms with van der Waals surface area (Å²) in [7, 11) is 0. The molecular formula is C33H52N6O9. The number of rotatable bonds is 24. The molecule has 0 saturated carbocycles. The normalized spacial score (nSPS) is 15.3. The van der Waals surface area contributed by atoms with Crippen molar-refractivity contribution in [3.8, 4) is 0 Å². The van der Waals surface area contributed by atoms with Crippen LogP contribution in [0.5, 0.6) is 0 Å². The zero-order valence-electron chi connectivity index (χ0n) is 27.4. The SMILES string of the molecule is C.Cc1cc([N+](=O)[O-])ccc1NCCc1cn(C(=O)OCCOCCOCCOCCCC(=O)CCCCCC2NC(=O)NC2C)cn1. The summed E-state index contributed by atoms with van der Waals surface area (Å²) in [6.45, 7) is 6.78. The number of hydrogen-bond acceptors (Lipinski definition) is 11. The maximum Gasteiger partial charge on any atom is 0.419 e. The Morgan fingerprint density at radius 2 is 1.67 bits per heavy atom. The predicted molar refractivity (Wildman–Crippen MR) is 180 cm³/mol. The van der Waals surface area contributed by atoms with Crippen LogP contribution in [0.4, 0.5) is 21.0 Å². The highest BCUT2D eigenvalue weighted by Gasteiger charge is 2.26. The molecule has 0 aliphatic carbocycles. The van der Waals surface area contributed by atoms with E-state index in [2.05, 4.69) is 20.9 Å². The fourth-order valence-corrected chi connectivity index (χ4v) is 5.01. The summed E-state index contributed by atoms with van der Waals surface area (Å²) < 4.78 is 22.9. The number of anilines is 1. The molecule has 1 saturated heterocycles. The second kappa shape index (κ2) is 22.5. The van der Waals surface area contributed by atoms with Crippen LogP contribution in [0.1, 0.15) is 70.6 Å². The summed E-state index contributed by atoms with van der Waals surface area (Å²) in [5, 5.41) is 19.9. The lowest BCUT2D eigenvalue weighted by Gasteiger charge is -2.13. The van der Waals surface area contributed by atoms with Crippen molar-refractivity contribution in [1.82, 2.24) is 20.2 Å². The van der Waals surface area contributed by atoms with Crippen molar-refractivity contribution in [2.75, 3.05) is 58.1 Å². The Morgan fingerprint density at radius 3 is 2.33 bits per heavy atom. The standard InChI is InChI=1S/C32H48N6O9.CH4/c1-24-21-27(38(42)43)10-11-29(24)33-13-12-26-22-37(23-34-26)32(41)47-20-19-46-18-17-45-16-15-44-14-6-8-28(39)7-4-3-5-9-30-25(2)35-31(40)36-30;/h10-11,21-23,25,30,33H,3-9,12-20H2,1-2H3,(H2,35,36,40);1H4. The highest BCUT2D eigenvalue weighted by Crippen LogP contribution is 2.21. The van der Waals surface area contributed by atoms with Crippen LogP contribution in [-0.2, 0) is 30.2 Å². The van der Waals surface area contributed by atoms with Crippen LogP contribution in [0.2, 0.25) is 0 Å². The van der Waals surface area contributed by atoms with Crippen LogP contribution in [-0.4, -0.2) is 97.3 Å². The Kier molecular flexibility index (Phi) is 18.8. The smallest absolute Gasteiger partial charge is 0.419 e. The number of nitrogens with zero attached hydrogens (tertiary/aromatic N) is 3. The lowest BCUT2D eigenvalue weighted by atomic mass is 10.0. The van der Waals surface area contributed by atoms with E-state index < -0.39 is 11.0 Å². The largest absolute Gasteiger partial charge is 0.446 e. The van der Waals surface area contributed by atoms with Crippen LogP contribution in [0, 0.1) is 17.0 Å².